The van der Waals surface area contributed by atoms with Gasteiger partial charge in [-0.3, -0.25) is 4.79 Å². The second-order valence-corrected chi connectivity index (χ2v) is 5.69. The van der Waals surface area contributed by atoms with Crippen LogP contribution in [0.15, 0.2) is 24.4 Å². The molecule has 2 rings (SSSR count). The van der Waals surface area contributed by atoms with E-state index in [9.17, 15) is 4.79 Å². The summed E-state index contributed by atoms with van der Waals surface area (Å²) in [5.41, 5.74) is 2.03. The molecule has 0 spiro atoms. The molecule has 3 nitrogen and oxygen atoms in total. The number of fused-ring (bicyclic) bond motifs is 1. The highest BCUT2D eigenvalue weighted by Gasteiger charge is 2.23. The van der Waals surface area contributed by atoms with Crippen LogP contribution in [0.2, 0.25) is 5.02 Å². The van der Waals surface area contributed by atoms with Gasteiger partial charge in [0.05, 0.1) is 17.0 Å². The van der Waals surface area contributed by atoms with Gasteiger partial charge >= 0.3 is 5.97 Å². The molecule has 4 heteroatoms. The minimum Gasteiger partial charge on any atom is -0.481 e. The molecule has 0 bridgehead atoms. The van der Waals surface area contributed by atoms with Crippen molar-refractivity contribution in [2.75, 3.05) is 0 Å². The number of hydrogen-bond acceptors (Lipinski definition) is 1. The number of para-hydroxylation sites is 1. The molecule has 2 aromatic rings. The van der Waals surface area contributed by atoms with E-state index in [1.807, 2.05) is 36.0 Å². The van der Waals surface area contributed by atoms with Gasteiger partial charge in [-0.1, -0.05) is 37.6 Å². The van der Waals surface area contributed by atoms with Crippen molar-refractivity contribution in [3.8, 4) is 0 Å². The number of aryl methyl sites for hydroxylation is 1. The molecule has 1 aromatic carbocycles. The minimum atomic E-state index is -0.766. The van der Waals surface area contributed by atoms with E-state index in [0.29, 0.717) is 5.02 Å². The predicted molar refractivity (Wildman–Crippen MR) is 77.8 cm³/mol. The molecule has 0 amide bonds. The monoisotopic (exact) mass is 279 g/mol. The van der Waals surface area contributed by atoms with Crippen molar-refractivity contribution in [3.63, 3.8) is 0 Å². The third-order valence-electron chi connectivity index (χ3n) is 3.58. The van der Waals surface area contributed by atoms with Crippen LogP contribution in [0.1, 0.15) is 31.7 Å². The summed E-state index contributed by atoms with van der Waals surface area (Å²) in [6, 6.07) is 5.77. The molecule has 102 valence electrons. The van der Waals surface area contributed by atoms with E-state index >= 15 is 0 Å². The van der Waals surface area contributed by atoms with E-state index in [2.05, 4.69) is 13.8 Å². The first kappa shape index (κ1) is 13.9. The zero-order valence-corrected chi connectivity index (χ0v) is 12.1. The third kappa shape index (κ3) is 2.61. The summed E-state index contributed by atoms with van der Waals surface area (Å²) >= 11 is 6.23. The van der Waals surface area contributed by atoms with Crippen molar-refractivity contribution in [3.05, 3.63) is 35.0 Å². The van der Waals surface area contributed by atoms with E-state index in [0.717, 1.165) is 16.5 Å². The smallest absolute Gasteiger partial charge is 0.303 e. The van der Waals surface area contributed by atoms with Crippen LogP contribution in [-0.4, -0.2) is 15.6 Å². The highest BCUT2D eigenvalue weighted by molar-refractivity contribution is 6.35. The maximum Gasteiger partial charge on any atom is 0.303 e. The number of hydrogen-bond donors (Lipinski definition) is 1. The van der Waals surface area contributed by atoms with Gasteiger partial charge in [-0.05, 0) is 23.5 Å². The Labute approximate surface area is 117 Å². The Kier molecular flexibility index (Phi) is 3.85. The van der Waals surface area contributed by atoms with Gasteiger partial charge in [-0.15, -0.1) is 0 Å². The van der Waals surface area contributed by atoms with Crippen LogP contribution in [0, 0.1) is 5.92 Å². The first-order valence-electron chi connectivity index (χ1n) is 6.37. The third-order valence-corrected chi connectivity index (χ3v) is 3.89. The van der Waals surface area contributed by atoms with Gasteiger partial charge in [0.1, 0.15) is 0 Å². The fourth-order valence-electron chi connectivity index (χ4n) is 2.64. The molecule has 0 saturated carbocycles. The second-order valence-electron chi connectivity index (χ2n) is 5.28. The summed E-state index contributed by atoms with van der Waals surface area (Å²) in [6.45, 7) is 4.11. The average Bonchev–Trinajstić information content (AvgIpc) is 2.64. The number of halogens is 1. The quantitative estimate of drug-likeness (QED) is 0.917. The van der Waals surface area contributed by atoms with Gasteiger partial charge in [-0.25, -0.2) is 0 Å². The van der Waals surface area contributed by atoms with Crippen molar-refractivity contribution < 1.29 is 9.90 Å². The Morgan fingerprint density at radius 1 is 1.42 bits per heavy atom. The van der Waals surface area contributed by atoms with Crippen LogP contribution < -0.4 is 0 Å². The Morgan fingerprint density at radius 2 is 2.11 bits per heavy atom. The lowest BCUT2D eigenvalue weighted by Gasteiger charge is -2.18. The van der Waals surface area contributed by atoms with Crippen molar-refractivity contribution in [1.29, 1.82) is 0 Å². The summed E-state index contributed by atoms with van der Waals surface area (Å²) in [6.07, 6.45) is 2.15. The number of benzene rings is 1. The first-order valence-corrected chi connectivity index (χ1v) is 6.74. The number of carboxylic acid groups (broad SMARTS) is 1. The Balaban J connectivity index is 2.60. The standard InChI is InChI=1S/C15H18ClNO2/c1-9(2)11(7-14(18)19)12-8-17(3)15-10(12)5-4-6-13(15)16/h4-6,8-9,11H,7H2,1-3H3,(H,18,19). The van der Waals surface area contributed by atoms with Crippen LogP contribution in [0.4, 0.5) is 0 Å². The van der Waals surface area contributed by atoms with Crippen molar-refractivity contribution >= 4 is 28.5 Å². The number of aliphatic carboxylic acids is 1. The summed E-state index contributed by atoms with van der Waals surface area (Å²) in [5.74, 6) is -0.502. The SMILES string of the molecule is CC(C)C(CC(=O)O)c1cn(C)c2c(Cl)cccc12. The van der Waals surface area contributed by atoms with Gasteiger partial charge in [0, 0.05) is 18.6 Å². The average molecular weight is 280 g/mol. The van der Waals surface area contributed by atoms with Crippen molar-refractivity contribution in [2.24, 2.45) is 13.0 Å². The van der Waals surface area contributed by atoms with E-state index in [-0.39, 0.29) is 18.3 Å². The predicted octanol–water partition coefficient (Wildman–Crippen LogP) is 4.05. The summed E-state index contributed by atoms with van der Waals surface area (Å²) in [4.78, 5) is 11.1. The molecule has 1 unspecified atom stereocenters. The largest absolute Gasteiger partial charge is 0.481 e. The number of nitrogens with zero attached hydrogens (tertiary/aromatic N) is 1. The number of carbonyl (C=O) groups is 1. The molecule has 0 radical (unpaired) electrons. The lowest BCUT2D eigenvalue weighted by Crippen LogP contribution is -2.11. The molecule has 1 atom stereocenters. The molecule has 0 aliphatic rings. The van der Waals surface area contributed by atoms with Crippen LogP contribution in [0.5, 0.6) is 0 Å². The number of aromatic nitrogens is 1. The van der Waals surface area contributed by atoms with Gasteiger partial charge in [0.2, 0.25) is 0 Å². The van der Waals surface area contributed by atoms with Gasteiger partial charge in [0.15, 0.2) is 0 Å². The van der Waals surface area contributed by atoms with Crippen LogP contribution in [-0.2, 0) is 11.8 Å². The highest BCUT2D eigenvalue weighted by atomic mass is 35.5. The Morgan fingerprint density at radius 3 is 2.68 bits per heavy atom. The second kappa shape index (κ2) is 5.25. The maximum atomic E-state index is 11.1. The Hall–Kier alpha value is -1.48. The van der Waals surface area contributed by atoms with Gasteiger partial charge in [-0.2, -0.15) is 0 Å². The van der Waals surface area contributed by atoms with E-state index in [4.69, 9.17) is 16.7 Å². The molecule has 19 heavy (non-hydrogen) atoms. The summed E-state index contributed by atoms with van der Waals surface area (Å²) in [7, 11) is 1.94. The van der Waals surface area contributed by atoms with Crippen LogP contribution >= 0.6 is 11.6 Å². The fraction of sp³-hybridized carbons (Fsp3) is 0.400. The van der Waals surface area contributed by atoms with E-state index < -0.39 is 5.97 Å². The van der Waals surface area contributed by atoms with Crippen LogP contribution in [0.3, 0.4) is 0 Å². The van der Waals surface area contributed by atoms with Gasteiger partial charge < -0.3 is 9.67 Å². The fourth-order valence-corrected chi connectivity index (χ4v) is 2.95. The Bertz CT molecular complexity index is 616. The molecular formula is C15H18ClNO2. The molecule has 0 aliphatic heterocycles. The maximum absolute atomic E-state index is 11.1. The number of carboxylic acids is 1. The zero-order chi connectivity index (χ0) is 14.2. The normalized spacial score (nSPS) is 13.1. The molecule has 1 N–H and O–H groups in total. The molecule has 0 fully saturated rings. The van der Waals surface area contributed by atoms with Crippen LogP contribution in [0.25, 0.3) is 10.9 Å². The zero-order valence-electron chi connectivity index (χ0n) is 11.4. The molecule has 1 aromatic heterocycles. The minimum absolute atomic E-state index is 0.000309. The topological polar surface area (TPSA) is 42.2 Å². The number of rotatable bonds is 4. The van der Waals surface area contributed by atoms with E-state index in [1.54, 1.807) is 0 Å². The summed E-state index contributed by atoms with van der Waals surface area (Å²) in [5, 5.41) is 10.8. The molecule has 0 aliphatic carbocycles. The first-order chi connectivity index (χ1) is 8.91. The highest BCUT2D eigenvalue weighted by Crippen LogP contribution is 2.36. The lowest BCUT2D eigenvalue weighted by atomic mass is 9.85. The molecule has 0 saturated heterocycles. The van der Waals surface area contributed by atoms with Crippen molar-refractivity contribution in [1.82, 2.24) is 4.57 Å². The lowest BCUT2D eigenvalue weighted by molar-refractivity contribution is -0.137. The van der Waals surface area contributed by atoms with E-state index in [1.165, 1.54) is 0 Å². The summed E-state index contributed by atoms with van der Waals surface area (Å²) < 4.78 is 1.98. The molecule has 1 heterocycles. The van der Waals surface area contributed by atoms with Gasteiger partial charge in [0.25, 0.3) is 0 Å². The molecular weight excluding hydrogens is 262 g/mol. The van der Waals surface area contributed by atoms with Crippen molar-refractivity contribution in [2.45, 2.75) is 26.2 Å².